The van der Waals surface area contributed by atoms with Crippen LogP contribution in [0, 0.1) is 0 Å². The van der Waals surface area contributed by atoms with Crippen LogP contribution in [0.1, 0.15) is 52.4 Å². The molecule has 0 fully saturated rings. The van der Waals surface area contributed by atoms with E-state index in [0.29, 0.717) is 71.0 Å². The van der Waals surface area contributed by atoms with Crippen LogP contribution in [0.2, 0.25) is 0 Å². The van der Waals surface area contributed by atoms with E-state index in [9.17, 15) is 24.0 Å². The predicted molar refractivity (Wildman–Crippen MR) is 195 cm³/mol. The van der Waals surface area contributed by atoms with Gasteiger partial charge in [0, 0.05) is 51.9 Å². The van der Waals surface area contributed by atoms with Crippen LogP contribution in [0.5, 0.6) is 0 Å². The number of hydrogen-bond donors (Lipinski definition) is 3. The van der Waals surface area contributed by atoms with Gasteiger partial charge in [0.1, 0.15) is 32.5 Å². The van der Waals surface area contributed by atoms with Crippen molar-refractivity contribution in [2.24, 2.45) is 0 Å². The van der Waals surface area contributed by atoms with E-state index in [1.807, 2.05) is 0 Å². The normalized spacial score (nSPS) is 11.0. The van der Waals surface area contributed by atoms with Crippen LogP contribution >= 0.6 is 23.2 Å². The van der Waals surface area contributed by atoms with Gasteiger partial charge in [-0.25, -0.2) is 14.4 Å². The Morgan fingerprint density at radius 3 is 1.62 bits per heavy atom. The van der Waals surface area contributed by atoms with Gasteiger partial charge < -0.3 is 63.3 Å². The third kappa shape index (κ3) is 45.2. The number of carbonyl (C=O) groups is 5. The van der Waals surface area contributed by atoms with Crippen molar-refractivity contribution in [3.05, 3.63) is 0 Å². The van der Waals surface area contributed by atoms with E-state index < -0.39 is 30.4 Å². The summed E-state index contributed by atoms with van der Waals surface area (Å²) in [6, 6.07) is 0. The van der Waals surface area contributed by atoms with Crippen molar-refractivity contribution in [3.63, 3.8) is 0 Å². The fourth-order valence-electron chi connectivity index (χ4n) is 3.47. The molecule has 0 aromatic rings. The topological polar surface area (TPSA) is 214 Å². The van der Waals surface area contributed by atoms with E-state index in [-0.39, 0.29) is 58.6 Å². The van der Waals surface area contributed by atoms with Crippen LogP contribution in [0.25, 0.3) is 0 Å². The molecule has 0 bridgehead atoms. The van der Waals surface area contributed by atoms with E-state index in [1.54, 1.807) is 6.92 Å². The van der Waals surface area contributed by atoms with Gasteiger partial charge in [0.2, 0.25) is 0 Å². The van der Waals surface area contributed by atoms with Crippen LogP contribution in [-0.2, 0) is 57.0 Å². The molecule has 312 valence electrons. The van der Waals surface area contributed by atoms with Gasteiger partial charge in [0.15, 0.2) is 0 Å². The number of ether oxygens (including phenoxy) is 10. The Morgan fingerprint density at radius 1 is 0.528 bits per heavy atom. The van der Waals surface area contributed by atoms with Crippen molar-refractivity contribution >= 4 is 53.4 Å². The van der Waals surface area contributed by atoms with Gasteiger partial charge in [-0.15, -0.1) is 23.2 Å². The number of esters is 2. The van der Waals surface area contributed by atoms with Gasteiger partial charge in [-0.1, -0.05) is 12.8 Å². The van der Waals surface area contributed by atoms with Gasteiger partial charge in [-0.05, 0) is 26.2 Å². The van der Waals surface area contributed by atoms with Crippen LogP contribution in [0.4, 0.5) is 14.4 Å². The molecule has 0 radical (unpaired) electrons. The Hall–Kier alpha value is -2.87. The van der Waals surface area contributed by atoms with Gasteiger partial charge in [-0.3, -0.25) is 9.59 Å². The maximum atomic E-state index is 11.5. The number of alkyl carbamates (subject to hydrolysis) is 3. The minimum Gasteiger partial charge on any atom is -0.462 e. The molecular weight excluding hydrogens is 749 g/mol. The Kier molecular flexibility index (Phi) is 41.3. The summed E-state index contributed by atoms with van der Waals surface area (Å²) in [6.07, 6.45) is 3.06. The van der Waals surface area contributed by atoms with Crippen LogP contribution in [-0.4, -0.2) is 161 Å². The average molecular weight is 811 g/mol. The molecule has 0 saturated heterocycles. The number of rotatable bonds is 33. The third-order valence-corrected chi connectivity index (χ3v) is 6.35. The predicted octanol–water partition coefficient (Wildman–Crippen LogP) is 3.18. The van der Waals surface area contributed by atoms with E-state index in [2.05, 4.69) is 20.7 Å². The highest BCUT2D eigenvalue weighted by molar-refractivity contribution is 6.18. The van der Waals surface area contributed by atoms with E-state index in [4.69, 9.17) is 65.8 Å². The van der Waals surface area contributed by atoms with Crippen LogP contribution in [0.3, 0.4) is 0 Å². The first-order valence-electron chi connectivity index (χ1n) is 17.6. The quantitative estimate of drug-likeness (QED) is 0.0376. The highest BCUT2D eigenvalue weighted by Gasteiger charge is 2.09. The monoisotopic (exact) mass is 809 g/mol. The number of nitrogens with one attached hydrogen (secondary N) is 3. The Labute approximate surface area is 323 Å². The Morgan fingerprint density at radius 2 is 1.02 bits per heavy atom. The van der Waals surface area contributed by atoms with Crippen LogP contribution < -0.4 is 16.0 Å². The lowest BCUT2D eigenvalue weighted by atomic mass is 10.2. The lowest BCUT2D eigenvalue weighted by molar-refractivity contribution is -0.146. The molecule has 0 heterocycles. The number of unbranched alkanes of at least 4 members (excludes halogenated alkanes) is 3. The van der Waals surface area contributed by atoms with Crippen molar-refractivity contribution in [2.45, 2.75) is 58.5 Å². The van der Waals surface area contributed by atoms with Gasteiger partial charge >= 0.3 is 30.2 Å². The van der Waals surface area contributed by atoms with E-state index in [0.717, 1.165) is 32.3 Å². The summed E-state index contributed by atoms with van der Waals surface area (Å²) < 4.78 is 50.7. The maximum absolute atomic E-state index is 11.5. The first kappa shape index (κ1) is 52.2. The zero-order valence-corrected chi connectivity index (χ0v) is 32.9. The summed E-state index contributed by atoms with van der Waals surface area (Å²) in [6.45, 7) is 7.87. The molecule has 0 spiro atoms. The SMILES string of the molecule is CC(=O)OC(C)CNC(=O)OCCOCCOCCOC(=O)NCCOCCOCCCCCCCl.CNC(=O)OCCOC(=O)CCCOCCCl. The van der Waals surface area contributed by atoms with Crippen LogP contribution in [0.15, 0.2) is 0 Å². The summed E-state index contributed by atoms with van der Waals surface area (Å²) in [5, 5.41) is 7.34. The number of carbonyl (C=O) groups excluding carboxylic acids is 5. The summed E-state index contributed by atoms with van der Waals surface area (Å²) in [5.41, 5.74) is 0. The molecule has 1 unspecified atom stereocenters. The molecule has 0 aliphatic carbocycles. The summed E-state index contributed by atoms with van der Waals surface area (Å²) in [7, 11) is 1.45. The van der Waals surface area contributed by atoms with Crippen molar-refractivity contribution in [1.82, 2.24) is 16.0 Å². The third-order valence-electron chi connectivity index (χ3n) is 5.93. The number of alkyl halides is 2. The first-order chi connectivity index (χ1) is 25.7. The molecule has 0 aromatic carbocycles. The summed E-state index contributed by atoms with van der Waals surface area (Å²) in [5.74, 6) is 0.411. The standard InChI is InChI=1S/C23H43ClN2O10.C10H18ClNO5/c1-20(36-21(2)27)19-26-23(29)35-18-16-33-14-13-32-15-17-34-22(28)25-8-10-31-12-11-30-9-6-4-3-5-7-24;1-12-10(14)17-8-7-16-9(13)3-2-5-15-6-4-11/h20H,3-19H2,1-2H3,(H,25,28)(H,26,29);2-8H2,1H3,(H,12,14). The minimum atomic E-state index is -0.620. The molecule has 1 atom stereocenters. The van der Waals surface area contributed by atoms with Crippen molar-refractivity contribution in [1.29, 1.82) is 0 Å². The lowest BCUT2D eigenvalue weighted by Crippen LogP contribution is -2.33. The van der Waals surface area contributed by atoms with Gasteiger partial charge in [0.05, 0.1) is 59.4 Å². The molecule has 0 aromatic heterocycles. The van der Waals surface area contributed by atoms with E-state index >= 15 is 0 Å². The smallest absolute Gasteiger partial charge is 0.407 e. The Balaban J connectivity index is 0. The number of amides is 3. The molecule has 3 N–H and O–H groups in total. The maximum Gasteiger partial charge on any atom is 0.407 e. The Bertz CT molecular complexity index is 910. The molecule has 18 nitrogen and oxygen atoms in total. The molecule has 0 saturated carbocycles. The highest BCUT2D eigenvalue weighted by atomic mass is 35.5. The minimum absolute atomic E-state index is 0.0498. The zero-order chi connectivity index (χ0) is 39.6. The molecule has 0 rings (SSSR count). The zero-order valence-electron chi connectivity index (χ0n) is 31.4. The summed E-state index contributed by atoms with van der Waals surface area (Å²) in [4.78, 5) is 55.5. The molecular formula is C33H61Cl2N3O15. The highest BCUT2D eigenvalue weighted by Crippen LogP contribution is 2.01. The molecule has 0 aliphatic rings. The van der Waals surface area contributed by atoms with E-state index in [1.165, 1.54) is 14.0 Å². The first-order valence-corrected chi connectivity index (χ1v) is 18.7. The van der Waals surface area contributed by atoms with Crippen molar-refractivity contribution in [2.75, 3.05) is 124 Å². The second kappa shape index (κ2) is 41.9. The fraction of sp³-hybridized carbons (Fsp3) is 0.848. The fourth-order valence-corrected chi connectivity index (χ4v) is 3.77. The molecule has 20 heteroatoms. The largest absolute Gasteiger partial charge is 0.462 e. The number of hydrogen-bond acceptors (Lipinski definition) is 15. The second-order valence-corrected chi connectivity index (χ2v) is 11.3. The number of halogens is 2. The second-order valence-electron chi connectivity index (χ2n) is 10.6. The molecule has 53 heavy (non-hydrogen) atoms. The van der Waals surface area contributed by atoms with Gasteiger partial charge in [-0.2, -0.15) is 0 Å². The molecule has 0 aliphatic heterocycles. The van der Waals surface area contributed by atoms with Crippen molar-refractivity contribution in [3.8, 4) is 0 Å². The lowest BCUT2D eigenvalue weighted by Gasteiger charge is -2.13. The molecule has 3 amide bonds. The van der Waals surface area contributed by atoms with Crippen molar-refractivity contribution < 1.29 is 71.3 Å². The average Bonchev–Trinajstić information content (AvgIpc) is 3.13. The summed E-state index contributed by atoms with van der Waals surface area (Å²) >= 11 is 11.0. The van der Waals surface area contributed by atoms with Gasteiger partial charge in [0.25, 0.3) is 0 Å².